The number of imide groups is 1. The molecule has 0 spiro atoms. The first-order chi connectivity index (χ1) is 8.25. The van der Waals surface area contributed by atoms with Crippen LogP contribution in [-0.4, -0.2) is 24.9 Å². The molecule has 0 unspecified atom stereocenters. The molecule has 2 aliphatic rings. The molecule has 1 aromatic carbocycles. The Balaban J connectivity index is 0.00000120. The van der Waals surface area contributed by atoms with Crippen molar-refractivity contribution in [2.45, 2.75) is 19.3 Å². The van der Waals surface area contributed by atoms with Crippen LogP contribution in [0.25, 0.3) is 0 Å². The lowest BCUT2D eigenvalue weighted by molar-refractivity contribution is 0.0879. The lowest BCUT2D eigenvalue weighted by Crippen LogP contribution is -2.29. The highest BCUT2D eigenvalue weighted by Gasteiger charge is 2.27. The van der Waals surface area contributed by atoms with Crippen molar-refractivity contribution in [2.75, 3.05) is 18.0 Å². The summed E-state index contributed by atoms with van der Waals surface area (Å²) in [5.74, 6) is -0.556. The molecule has 5 heteroatoms. The Labute approximate surface area is 112 Å². The second-order valence-corrected chi connectivity index (χ2v) is 4.56. The summed E-state index contributed by atoms with van der Waals surface area (Å²) in [4.78, 5) is 25.3. The summed E-state index contributed by atoms with van der Waals surface area (Å²) in [6.45, 7) is 2.07. The maximum Gasteiger partial charge on any atom is 0.259 e. The van der Waals surface area contributed by atoms with Gasteiger partial charge in [0, 0.05) is 18.8 Å². The molecule has 0 aromatic heterocycles. The molecule has 2 amide bonds. The van der Waals surface area contributed by atoms with Crippen LogP contribution < -0.4 is 10.2 Å². The fourth-order valence-corrected chi connectivity index (χ4v) is 2.50. The van der Waals surface area contributed by atoms with Crippen molar-refractivity contribution in [3.8, 4) is 0 Å². The van der Waals surface area contributed by atoms with Gasteiger partial charge in [-0.3, -0.25) is 14.9 Å². The van der Waals surface area contributed by atoms with Gasteiger partial charge in [-0.25, -0.2) is 0 Å². The van der Waals surface area contributed by atoms with Gasteiger partial charge in [-0.1, -0.05) is 0 Å². The van der Waals surface area contributed by atoms with Gasteiger partial charge in [0.1, 0.15) is 0 Å². The van der Waals surface area contributed by atoms with Gasteiger partial charge in [-0.2, -0.15) is 0 Å². The fourth-order valence-electron chi connectivity index (χ4n) is 2.50. The molecule has 0 bridgehead atoms. The highest BCUT2D eigenvalue weighted by molar-refractivity contribution is 6.21. The van der Waals surface area contributed by atoms with Crippen molar-refractivity contribution in [1.29, 1.82) is 0 Å². The zero-order chi connectivity index (χ0) is 11.8. The second-order valence-electron chi connectivity index (χ2n) is 4.56. The zero-order valence-corrected chi connectivity index (χ0v) is 10.8. The number of nitrogens with one attached hydrogen (secondary N) is 1. The molecule has 4 nitrogen and oxygen atoms in total. The number of rotatable bonds is 1. The lowest BCUT2D eigenvalue weighted by atomic mass is 10.1. The standard InChI is InChI=1S/C13H14N2O2.ClH/c16-12-10-5-4-9(8-11(10)13(17)14-12)15-6-2-1-3-7-15;/h4-5,8H,1-3,6-7H2,(H,14,16,17);1H. The number of carbonyl (C=O) groups is 2. The smallest absolute Gasteiger partial charge is 0.259 e. The number of amides is 2. The minimum absolute atomic E-state index is 0. The minimum atomic E-state index is -0.282. The summed E-state index contributed by atoms with van der Waals surface area (Å²) >= 11 is 0. The molecular weight excluding hydrogens is 252 g/mol. The number of halogens is 1. The first-order valence-corrected chi connectivity index (χ1v) is 6.00. The normalized spacial score (nSPS) is 18.1. The highest BCUT2D eigenvalue weighted by Crippen LogP contribution is 2.25. The van der Waals surface area contributed by atoms with E-state index in [0.29, 0.717) is 11.1 Å². The largest absolute Gasteiger partial charge is 0.372 e. The molecule has 96 valence electrons. The Morgan fingerprint density at radius 1 is 0.944 bits per heavy atom. The monoisotopic (exact) mass is 266 g/mol. The first-order valence-electron chi connectivity index (χ1n) is 6.00. The van der Waals surface area contributed by atoms with Crippen LogP contribution in [-0.2, 0) is 0 Å². The molecule has 0 atom stereocenters. The highest BCUT2D eigenvalue weighted by atomic mass is 35.5. The molecule has 1 saturated heterocycles. The van der Waals surface area contributed by atoms with Crippen molar-refractivity contribution in [2.24, 2.45) is 0 Å². The number of piperidine rings is 1. The third-order valence-electron chi connectivity index (χ3n) is 3.44. The van der Waals surface area contributed by atoms with Crippen molar-refractivity contribution in [1.82, 2.24) is 5.32 Å². The van der Waals surface area contributed by atoms with Crippen LogP contribution in [0.15, 0.2) is 18.2 Å². The van der Waals surface area contributed by atoms with E-state index in [-0.39, 0.29) is 24.2 Å². The topological polar surface area (TPSA) is 49.4 Å². The van der Waals surface area contributed by atoms with Gasteiger partial charge in [0.25, 0.3) is 11.8 Å². The van der Waals surface area contributed by atoms with Crippen LogP contribution in [0.1, 0.15) is 40.0 Å². The first kappa shape index (κ1) is 12.9. The van der Waals surface area contributed by atoms with E-state index in [1.165, 1.54) is 19.3 Å². The number of benzene rings is 1. The van der Waals surface area contributed by atoms with Gasteiger partial charge in [0.05, 0.1) is 11.1 Å². The molecule has 2 heterocycles. The third kappa shape index (κ3) is 2.08. The predicted octanol–water partition coefficient (Wildman–Crippen LogP) is 1.98. The van der Waals surface area contributed by atoms with E-state index in [2.05, 4.69) is 10.2 Å². The molecular formula is C13H15ClN2O2. The summed E-state index contributed by atoms with van der Waals surface area (Å²) < 4.78 is 0. The van der Waals surface area contributed by atoms with Gasteiger partial charge in [0.2, 0.25) is 0 Å². The summed E-state index contributed by atoms with van der Waals surface area (Å²) in [6.07, 6.45) is 3.67. The maximum absolute atomic E-state index is 11.6. The molecule has 0 saturated carbocycles. The molecule has 2 aliphatic heterocycles. The van der Waals surface area contributed by atoms with Crippen LogP contribution in [0.3, 0.4) is 0 Å². The van der Waals surface area contributed by atoms with Gasteiger partial charge in [-0.05, 0) is 37.5 Å². The Hall–Kier alpha value is -1.55. The molecule has 1 fully saturated rings. The quantitative estimate of drug-likeness (QED) is 0.791. The van der Waals surface area contributed by atoms with Gasteiger partial charge in [0.15, 0.2) is 0 Å². The fraction of sp³-hybridized carbons (Fsp3) is 0.385. The van der Waals surface area contributed by atoms with Crippen LogP contribution in [0.2, 0.25) is 0 Å². The van der Waals surface area contributed by atoms with Gasteiger partial charge < -0.3 is 4.90 Å². The van der Waals surface area contributed by atoms with E-state index in [1.54, 1.807) is 6.07 Å². The third-order valence-corrected chi connectivity index (χ3v) is 3.44. The molecule has 3 rings (SSSR count). The maximum atomic E-state index is 11.6. The average Bonchev–Trinajstić information content (AvgIpc) is 2.66. The van der Waals surface area contributed by atoms with Crippen molar-refractivity contribution < 1.29 is 9.59 Å². The second kappa shape index (κ2) is 4.98. The zero-order valence-electron chi connectivity index (χ0n) is 9.94. The predicted molar refractivity (Wildman–Crippen MR) is 71.6 cm³/mol. The number of fused-ring (bicyclic) bond motifs is 1. The Kier molecular flexibility index (Phi) is 3.57. The average molecular weight is 267 g/mol. The molecule has 1 N–H and O–H groups in total. The lowest BCUT2D eigenvalue weighted by Gasteiger charge is -2.29. The minimum Gasteiger partial charge on any atom is -0.372 e. The molecule has 0 aliphatic carbocycles. The van der Waals surface area contributed by atoms with Crippen molar-refractivity contribution >= 4 is 29.9 Å². The van der Waals surface area contributed by atoms with E-state index in [4.69, 9.17) is 0 Å². The molecule has 0 radical (unpaired) electrons. The van der Waals surface area contributed by atoms with E-state index in [0.717, 1.165) is 18.8 Å². The molecule has 18 heavy (non-hydrogen) atoms. The SMILES string of the molecule is Cl.O=C1NC(=O)c2cc(N3CCCCC3)ccc21. The van der Waals surface area contributed by atoms with E-state index in [9.17, 15) is 9.59 Å². The number of nitrogens with zero attached hydrogens (tertiary/aromatic N) is 1. The van der Waals surface area contributed by atoms with E-state index < -0.39 is 0 Å². The Morgan fingerprint density at radius 3 is 2.33 bits per heavy atom. The van der Waals surface area contributed by atoms with E-state index >= 15 is 0 Å². The van der Waals surface area contributed by atoms with Crippen molar-refractivity contribution in [3.63, 3.8) is 0 Å². The summed E-state index contributed by atoms with van der Waals surface area (Å²) in [7, 11) is 0. The van der Waals surface area contributed by atoms with Crippen molar-refractivity contribution in [3.05, 3.63) is 29.3 Å². The van der Waals surface area contributed by atoms with Gasteiger partial charge in [-0.15, -0.1) is 12.4 Å². The van der Waals surface area contributed by atoms with Crippen LogP contribution in [0.4, 0.5) is 5.69 Å². The van der Waals surface area contributed by atoms with Crippen LogP contribution in [0, 0.1) is 0 Å². The Bertz CT molecular complexity index is 496. The number of anilines is 1. The molecule has 1 aromatic rings. The summed E-state index contributed by atoms with van der Waals surface area (Å²) in [6, 6.07) is 5.52. The number of hydrogen-bond donors (Lipinski definition) is 1. The van der Waals surface area contributed by atoms with Gasteiger partial charge >= 0.3 is 0 Å². The van der Waals surface area contributed by atoms with Crippen LogP contribution in [0.5, 0.6) is 0 Å². The Morgan fingerprint density at radius 2 is 1.61 bits per heavy atom. The number of carbonyl (C=O) groups excluding carboxylic acids is 2. The summed E-state index contributed by atoms with van der Waals surface area (Å²) in [5, 5.41) is 2.32. The van der Waals surface area contributed by atoms with Crippen LogP contribution >= 0.6 is 12.4 Å². The summed E-state index contributed by atoms with van der Waals surface area (Å²) in [5.41, 5.74) is 2.06. The van der Waals surface area contributed by atoms with E-state index in [1.807, 2.05) is 12.1 Å². The number of hydrogen-bond acceptors (Lipinski definition) is 3.